The van der Waals surface area contributed by atoms with Gasteiger partial charge in [0, 0.05) is 29.4 Å². The molecule has 188 valence electrons. The van der Waals surface area contributed by atoms with E-state index in [9.17, 15) is 9.59 Å². The highest BCUT2D eigenvalue weighted by Gasteiger charge is 2.24. The zero-order valence-electron chi connectivity index (χ0n) is 21.3. The van der Waals surface area contributed by atoms with E-state index in [4.69, 9.17) is 9.47 Å². The predicted octanol–water partition coefficient (Wildman–Crippen LogP) is 5.45. The number of nitrogens with zero attached hydrogens (tertiary/aromatic N) is 2. The largest absolute Gasteiger partial charge is 0.494 e. The Bertz CT molecular complexity index is 1400. The van der Waals surface area contributed by atoms with Crippen molar-refractivity contribution in [3.63, 3.8) is 0 Å². The van der Waals surface area contributed by atoms with Gasteiger partial charge >= 0.3 is 6.09 Å². The van der Waals surface area contributed by atoms with Crippen LogP contribution in [0.3, 0.4) is 0 Å². The molecule has 0 aliphatic rings. The number of rotatable bonds is 7. The number of H-pyrrole nitrogens is 1. The molecular formula is C28H32N4O4. The Morgan fingerprint density at radius 3 is 2.39 bits per heavy atom. The zero-order valence-corrected chi connectivity index (χ0v) is 21.3. The molecule has 0 unspecified atom stereocenters. The van der Waals surface area contributed by atoms with E-state index in [1.165, 1.54) is 6.33 Å². The summed E-state index contributed by atoms with van der Waals surface area (Å²) in [6.07, 6.45) is 3.50. The first kappa shape index (κ1) is 25.0. The van der Waals surface area contributed by atoms with E-state index in [1.54, 1.807) is 0 Å². The van der Waals surface area contributed by atoms with Crippen LogP contribution in [0.15, 0.2) is 71.9 Å². The summed E-state index contributed by atoms with van der Waals surface area (Å²) in [4.78, 5) is 31.9. The van der Waals surface area contributed by atoms with Crippen LogP contribution in [0, 0.1) is 0 Å². The molecule has 8 nitrogen and oxygen atoms in total. The molecule has 36 heavy (non-hydrogen) atoms. The fourth-order valence-corrected chi connectivity index (χ4v) is 3.87. The molecule has 2 aromatic carbocycles. The van der Waals surface area contributed by atoms with Gasteiger partial charge in [0.25, 0.3) is 5.56 Å². The second-order valence-corrected chi connectivity index (χ2v) is 10.3. The lowest BCUT2D eigenvalue weighted by molar-refractivity contribution is 0.0461. The molecule has 2 N–H and O–H groups in total. The molecule has 0 aliphatic carbocycles. The molecule has 0 aliphatic heterocycles. The summed E-state index contributed by atoms with van der Waals surface area (Å²) in [6, 6.07) is 17.4. The summed E-state index contributed by atoms with van der Waals surface area (Å²) in [5, 5.41) is 3.42. The van der Waals surface area contributed by atoms with Gasteiger partial charge < -0.3 is 24.3 Å². The lowest BCUT2D eigenvalue weighted by Crippen LogP contribution is -2.46. The molecule has 1 amide bonds. The van der Waals surface area contributed by atoms with Crippen molar-refractivity contribution in [2.24, 2.45) is 0 Å². The van der Waals surface area contributed by atoms with Gasteiger partial charge in [-0.2, -0.15) is 0 Å². The lowest BCUT2D eigenvalue weighted by Gasteiger charge is -2.28. The van der Waals surface area contributed by atoms with Crippen molar-refractivity contribution >= 4 is 17.1 Å². The number of alkyl carbamates (subject to hydrolysis) is 1. The Morgan fingerprint density at radius 2 is 1.72 bits per heavy atom. The van der Waals surface area contributed by atoms with E-state index in [0.29, 0.717) is 29.8 Å². The normalized spacial score (nSPS) is 11.9. The molecule has 0 bridgehead atoms. The van der Waals surface area contributed by atoms with Gasteiger partial charge in [-0.25, -0.2) is 9.78 Å². The number of carbonyl (C=O) groups excluding carboxylic acids is 1. The molecule has 4 rings (SSSR count). The number of aromatic amines is 1. The topological polar surface area (TPSA) is 98.2 Å². The standard InChI is InChI=1S/C28H32N4O4/c1-27(2,3)36-26(34)31-28(4,5)15-16-35-21-13-11-19(12-14-21)22-17-32(20-9-7-6-8-10-20)24-23(22)25(33)30-18-29-24/h6-14,17-18H,15-16H2,1-5H3,(H,31,34)(H,29,30,33). The number of nitrogens with one attached hydrogen (secondary N) is 2. The molecule has 0 atom stereocenters. The number of hydrogen-bond donors (Lipinski definition) is 2. The molecule has 2 aromatic heterocycles. The molecule has 0 saturated carbocycles. The van der Waals surface area contributed by atoms with Crippen LogP contribution in [-0.4, -0.2) is 38.4 Å². The van der Waals surface area contributed by atoms with E-state index >= 15 is 0 Å². The van der Waals surface area contributed by atoms with Gasteiger partial charge in [0.05, 0.1) is 18.3 Å². The maximum absolute atomic E-state index is 12.7. The fraction of sp³-hybridized carbons (Fsp3) is 0.321. The van der Waals surface area contributed by atoms with Crippen LogP contribution in [0.2, 0.25) is 0 Å². The summed E-state index contributed by atoms with van der Waals surface area (Å²) < 4.78 is 13.2. The Hall–Kier alpha value is -4.07. The maximum Gasteiger partial charge on any atom is 0.408 e. The van der Waals surface area contributed by atoms with Crippen LogP contribution in [0.5, 0.6) is 5.75 Å². The SMILES string of the molecule is CC(C)(CCOc1ccc(-c2cn(-c3ccccc3)c3nc[nH]c(=O)c23)cc1)NC(=O)OC(C)(C)C. The Morgan fingerprint density at radius 1 is 1.03 bits per heavy atom. The maximum atomic E-state index is 12.7. The first-order valence-electron chi connectivity index (χ1n) is 11.9. The minimum atomic E-state index is -0.549. The Labute approximate surface area is 210 Å². The van der Waals surface area contributed by atoms with Gasteiger partial charge in [-0.1, -0.05) is 30.3 Å². The van der Waals surface area contributed by atoms with Gasteiger partial charge in [0.1, 0.15) is 11.4 Å². The van der Waals surface area contributed by atoms with Crippen molar-refractivity contribution in [2.75, 3.05) is 6.61 Å². The highest BCUT2D eigenvalue weighted by Crippen LogP contribution is 2.30. The Balaban J connectivity index is 1.47. The molecule has 0 spiro atoms. The van der Waals surface area contributed by atoms with E-state index in [2.05, 4.69) is 15.3 Å². The molecule has 0 saturated heterocycles. The van der Waals surface area contributed by atoms with Crippen LogP contribution in [0.4, 0.5) is 4.79 Å². The number of fused-ring (bicyclic) bond motifs is 1. The average molecular weight is 489 g/mol. The molecule has 2 heterocycles. The van der Waals surface area contributed by atoms with E-state index in [1.807, 2.05) is 100.0 Å². The van der Waals surface area contributed by atoms with E-state index in [0.717, 1.165) is 16.8 Å². The highest BCUT2D eigenvalue weighted by molar-refractivity contribution is 5.94. The monoisotopic (exact) mass is 488 g/mol. The third-order valence-corrected chi connectivity index (χ3v) is 5.62. The first-order valence-corrected chi connectivity index (χ1v) is 11.9. The van der Waals surface area contributed by atoms with Crippen molar-refractivity contribution in [1.29, 1.82) is 0 Å². The quantitative estimate of drug-likeness (QED) is 0.360. The number of carbonyl (C=O) groups is 1. The predicted molar refractivity (Wildman–Crippen MR) is 141 cm³/mol. The fourth-order valence-electron chi connectivity index (χ4n) is 3.87. The molecule has 0 fully saturated rings. The van der Waals surface area contributed by atoms with Crippen LogP contribution in [0.25, 0.3) is 27.8 Å². The number of para-hydroxylation sites is 1. The molecule has 0 radical (unpaired) electrons. The third kappa shape index (κ3) is 5.94. The number of ether oxygens (including phenoxy) is 2. The minimum Gasteiger partial charge on any atom is -0.494 e. The number of hydrogen-bond acceptors (Lipinski definition) is 5. The van der Waals surface area contributed by atoms with Crippen molar-refractivity contribution in [1.82, 2.24) is 19.9 Å². The van der Waals surface area contributed by atoms with Crippen molar-refractivity contribution < 1.29 is 14.3 Å². The van der Waals surface area contributed by atoms with Crippen LogP contribution >= 0.6 is 0 Å². The highest BCUT2D eigenvalue weighted by atomic mass is 16.6. The molecule has 4 aromatic rings. The second-order valence-electron chi connectivity index (χ2n) is 10.3. The number of aromatic nitrogens is 3. The Kier molecular flexibility index (Phi) is 6.88. The molecule has 8 heteroatoms. The number of amides is 1. The lowest BCUT2D eigenvalue weighted by atomic mass is 10.0. The van der Waals surface area contributed by atoms with Crippen molar-refractivity contribution in [3.05, 3.63) is 77.5 Å². The second kappa shape index (κ2) is 9.89. The van der Waals surface area contributed by atoms with Crippen molar-refractivity contribution in [2.45, 2.75) is 52.2 Å². The minimum absolute atomic E-state index is 0.190. The summed E-state index contributed by atoms with van der Waals surface area (Å²) in [6.45, 7) is 9.77. The summed E-state index contributed by atoms with van der Waals surface area (Å²) >= 11 is 0. The zero-order chi connectivity index (χ0) is 25.9. The summed E-state index contributed by atoms with van der Waals surface area (Å²) in [5.41, 5.74) is 1.96. The summed E-state index contributed by atoms with van der Waals surface area (Å²) in [7, 11) is 0. The van der Waals surface area contributed by atoms with Gasteiger partial charge in [-0.15, -0.1) is 0 Å². The smallest absolute Gasteiger partial charge is 0.408 e. The van der Waals surface area contributed by atoms with Gasteiger partial charge in [-0.05, 0) is 64.4 Å². The van der Waals surface area contributed by atoms with Crippen LogP contribution < -0.4 is 15.6 Å². The van der Waals surface area contributed by atoms with Crippen LogP contribution in [0.1, 0.15) is 41.0 Å². The van der Waals surface area contributed by atoms with Crippen LogP contribution in [-0.2, 0) is 4.74 Å². The first-order chi connectivity index (χ1) is 17.0. The third-order valence-electron chi connectivity index (χ3n) is 5.62. The van der Waals surface area contributed by atoms with Crippen molar-refractivity contribution in [3.8, 4) is 22.6 Å². The average Bonchev–Trinajstić information content (AvgIpc) is 3.19. The van der Waals surface area contributed by atoms with Gasteiger partial charge in [-0.3, -0.25) is 4.79 Å². The van der Waals surface area contributed by atoms with Gasteiger partial charge in [0.2, 0.25) is 0 Å². The number of benzene rings is 2. The summed E-state index contributed by atoms with van der Waals surface area (Å²) in [5.74, 6) is 0.700. The molecular weight excluding hydrogens is 456 g/mol. The van der Waals surface area contributed by atoms with E-state index < -0.39 is 17.2 Å². The van der Waals surface area contributed by atoms with Gasteiger partial charge in [0.15, 0.2) is 5.65 Å². The van der Waals surface area contributed by atoms with E-state index in [-0.39, 0.29) is 5.56 Å².